The van der Waals surface area contributed by atoms with Gasteiger partial charge in [0.05, 0.1) is 22.3 Å². The molecule has 0 atom stereocenters. The normalized spacial score (nSPS) is 11.8. The van der Waals surface area contributed by atoms with Gasteiger partial charge in [-0.05, 0) is 29.3 Å². The lowest BCUT2D eigenvalue weighted by molar-refractivity contribution is 1.05. The van der Waals surface area contributed by atoms with Crippen LogP contribution in [0, 0.1) is 0 Å². The molecule has 0 N–H and O–H groups in total. The van der Waals surface area contributed by atoms with Gasteiger partial charge in [0.15, 0.2) is 5.82 Å². The zero-order chi connectivity index (χ0) is 24.3. The zero-order valence-electron chi connectivity index (χ0n) is 19.8. The third-order valence-electron chi connectivity index (χ3n) is 7.25. The highest BCUT2D eigenvalue weighted by Gasteiger charge is 2.29. The molecule has 172 valence electrons. The number of para-hydroxylation sites is 2. The van der Waals surface area contributed by atoms with Crippen LogP contribution in [0.2, 0.25) is 0 Å². The Bertz CT molecular complexity index is 1970. The average molecular weight is 473 g/mol. The van der Waals surface area contributed by atoms with Crippen LogP contribution in [-0.4, -0.2) is 19.5 Å². The first kappa shape index (κ1) is 20.1. The third-order valence-corrected chi connectivity index (χ3v) is 7.25. The molecule has 7 aromatic rings. The molecule has 0 bridgehead atoms. The summed E-state index contributed by atoms with van der Waals surface area (Å²) < 4.78 is 2.34. The molecule has 4 heterocycles. The highest BCUT2D eigenvalue weighted by molar-refractivity contribution is 6.16. The molecule has 0 fully saturated rings. The molecule has 1 aliphatic rings. The molecule has 0 saturated carbocycles. The Kier molecular flexibility index (Phi) is 4.19. The summed E-state index contributed by atoms with van der Waals surface area (Å²) in [6, 6.07) is 38.0. The van der Waals surface area contributed by atoms with Crippen LogP contribution in [0.15, 0.2) is 122 Å². The van der Waals surface area contributed by atoms with Gasteiger partial charge in [-0.1, -0.05) is 91.0 Å². The topological polar surface area (TPSA) is 43.6 Å². The van der Waals surface area contributed by atoms with E-state index < -0.39 is 0 Å². The zero-order valence-corrected chi connectivity index (χ0v) is 19.8. The van der Waals surface area contributed by atoms with E-state index in [1.807, 2.05) is 30.5 Å². The van der Waals surface area contributed by atoms with E-state index in [-0.39, 0.29) is 0 Å². The smallest absolute Gasteiger partial charge is 0.162 e. The van der Waals surface area contributed by atoms with Gasteiger partial charge in [-0.25, -0.2) is 9.97 Å². The molecule has 0 radical (unpaired) electrons. The number of hydrogen-bond donors (Lipinski definition) is 0. The Balaban J connectivity index is 1.64. The predicted octanol–water partition coefficient (Wildman–Crippen LogP) is 7.95. The maximum absolute atomic E-state index is 5.31. The molecule has 0 amide bonds. The molecule has 1 aliphatic heterocycles. The lowest BCUT2D eigenvalue weighted by Gasteiger charge is -2.17. The van der Waals surface area contributed by atoms with Gasteiger partial charge in [0, 0.05) is 39.9 Å². The van der Waals surface area contributed by atoms with Crippen molar-refractivity contribution in [2.75, 3.05) is 0 Å². The van der Waals surface area contributed by atoms with Crippen LogP contribution in [0.5, 0.6) is 0 Å². The van der Waals surface area contributed by atoms with Gasteiger partial charge in [0.25, 0.3) is 0 Å². The lowest BCUT2D eigenvalue weighted by Crippen LogP contribution is -2.05. The molecule has 0 spiro atoms. The fourth-order valence-corrected chi connectivity index (χ4v) is 5.68. The molecule has 0 unspecified atom stereocenters. The predicted molar refractivity (Wildman–Crippen MR) is 149 cm³/mol. The van der Waals surface area contributed by atoms with Crippen molar-refractivity contribution in [2.45, 2.75) is 0 Å². The van der Waals surface area contributed by atoms with Crippen molar-refractivity contribution >= 4 is 21.8 Å². The van der Waals surface area contributed by atoms with E-state index in [2.05, 4.69) is 94.5 Å². The van der Waals surface area contributed by atoms with Crippen LogP contribution in [0.25, 0.3) is 72.5 Å². The molecule has 4 nitrogen and oxygen atoms in total. The monoisotopic (exact) mass is 472 g/mol. The molecule has 4 heteroatoms. The summed E-state index contributed by atoms with van der Waals surface area (Å²) in [6.45, 7) is 0. The minimum Gasteiger partial charge on any atom is -0.292 e. The Morgan fingerprint density at radius 3 is 2.14 bits per heavy atom. The van der Waals surface area contributed by atoms with E-state index in [0.717, 1.165) is 39.3 Å². The molecule has 8 rings (SSSR count). The Morgan fingerprint density at radius 2 is 1.27 bits per heavy atom. The van der Waals surface area contributed by atoms with Crippen molar-refractivity contribution in [3.8, 4) is 50.7 Å². The first-order valence-corrected chi connectivity index (χ1v) is 12.4. The number of fused-ring (bicyclic) bond motifs is 8. The minimum absolute atomic E-state index is 0.695. The summed E-state index contributed by atoms with van der Waals surface area (Å²) in [5, 5.41) is 2.44. The lowest BCUT2D eigenvalue weighted by atomic mass is 9.92. The fourth-order valence-electron chi connectivity index (χ4n) is 5.68. The average Bonchev–Trinajstić information content (AvgIpc) is 3.25. The molecule has 0 aliphatic carbocycles. The second kappa shape index (κ2) is 7.70. The summed E-state index contributed by atoms with van der Waals surface area (Å²) in [5.41, 5.74) is 9.64. The second-order valence-electron chi connectivity index (χ2n) is 9.30. The number of rotatable bonds is 2. The molecular weight excluding hydrogens is 452 g/mol. The molecule has 37 heavy (non-hydrogen) atoms. The maximum Gasteiger partial charge on any atom is 0.162 e. The van der Waals surface area contributed by atoms with Crippen molar-refractivity contribution in [3.63, 3.8) is 0 Å². The highest BCUT2D eigenvalue weighted by Crippen LogP contribution is 2.48. The van der Waals surface area contributed by atoms with Crippen LogP contribution in [0.4, 0.5) is 0 Å². The quantitative estimate of drug-likeness (QED) is 0.256. The number of hydrogen-bond acceptors (Lipinski definition) is 3. The van der Waals surface area contributed by atoms with Crippen LogP contribution in [0.1, 0.15) is 0 Å². The van der Waals surface area contributed by atoms with E-state index in [4.69, 9.17) is 9.97 Å². The molecule has 3 aromatic heterocycles. The summed E-state index contributed by atoms with van der Waals surface area (Å²) >= 11 is 0. The Morgan fingerprint density at radius 1 is 0.541 bits per heavy atom. The van der Waals surface area contributed by atoms with Gasteiger partial charge in [0.2, 0.25) is 0 Å². The van der Waals surface area contributed by atoms with Crippen molar-refractivity contribution in [2.24, 2.45) is 0 Å². The van der Waals surface area contributed by atoms with Gasteiger partial charge in [-0.3, -0.25) is 9.55 Å². The Hall–Kier alpha value is -5.09. The van der Waals surface area contributed by atoms with Crippen LogP contribution < -0.4 is 0 Å². The Labute approximate surface area is 213 Å². The van der Waals surface area contributed by atoms with Gasteiger partial charge < -0.3 is 0 Å². The number of pyridine rings is 1. The third kappa shape index (κ3) is 2.87. The van der Waals surface area contributed by atoms with E-state index in [1.165, 1.54) is 27.4 Å². The van der Waals surface area contributed by atoms with E-state index >= 15 is 0 Å². The molecule has 0 saturated heterocycles. The molecular formula is C33H20N4. The fraction of sp³-hybridized carbons (Fsp3) is 0. The number of aromatic nitrogens is 4. The van der Waals surface area contributed by atoms with Crippen molar-refractivity contribution < 1.29 is 0 Å². The minimum atomic E-state index is 0.695. The standard InChI is InChI=1S/C33H20N4/c1-2-10-21(11-3-1)32-35-30(22-12-9-19-34-20-22)29-25-15-5-4-13-23(25)26-16-8-17-27-24-14-6-7-18-28(24)37(31(26)27)33(29)36-32/h1-20H. The summed E-state index contributed by atoms with van der Waals surface area (Å²) in [4.78, 5) is 14.9. The van der Waals surface area contributed by atoms with Gasteiger partial charge in [-0.2, -0.15) is 0 Å². The number of nitrogens with zero attached hydrogens (tertiary/aromatic N) is 4. The SMILES string of the molecule is c1ccc(-c2nc(-c3cccnc3)c3c(n2)-n2c4ccccc4c4cccc(c42)-c2ccccc2-3)cc1. The van der Waals surface area contributed by atoms with Gasteiger partial charge in [0.1, 0.15) is 5.82 Å². The summed E-state index contributed by atoms with van der Waals surface area (Å²) in [5.74, 6) is 1.58. The van der Waals surface area contributed by atoms with Crippen molar-refractivity contribution in [1.82, 2.24) is 19.5 Å². The summed E-state index contributed by atoms with van der Waals surface area (Å²) in [6.07, 6.45) is 3.69. The first-order chi connectivity index (χ1) is 18.4. The summed E-state index contributed by atoms with van der Waals surface area (Å²) in [7, 11) is 0. The van der Waals surface area contributed by atoms with Gasteiger partial charge in [-0.15, -0.1) is 0 Å². The number of benzene rings is 4. The van der Waals surface area contributed by atoms with Gasteiger partial charge >= 0.3 is 0 Å². The first-order valence-electron chi connectivity index (χ1n) is 12.4. The second-order valence-corrected chi connectivity index (χ2v) is 9.30. The maximum atomic E-state index is 5.31. The van der Waals surface area contributed by atoms with E-state index in [0.29, 0.717) is 5.82 Å². The molecule has 4 aromatic carbocycles. The van der Waals surface area contributed by atoms with Crippen LogP contribution >= 0.6 is 0 Å². The van der Waals surface area contributed by atoms with Crippen LogP contribution in [0.3, 0.4) is 0 Å². The van der Waals surface area contributed by atoms with E-state index in [1.54, 1.807) is 6.20 Å². The van der Waals surface area contributed by atoms with Crippen molar-refractivity contribution in [3.05, 3.63) is 122 Å². The van der Waals surface area contributed by atoms with Crippen LogP contribution in [-0.2, 0) is 0 Å². The largest absolute Gasteiger partial charge is 0.292 e. The van der Waals surface area contributed by atoms with Crippen molar-refractivity contribution in [1.29, 1.82) is 0 Å². The highest BCUT2D eigenvalue weighted by atomic mass is 15.1. The van der Waals surface area contributed by atoms with E-state index in [9.17, 15) is 0 Å².